The minimum atomic E-state index is -2.36. The molecule has 0 fully saturated rings. The van der Waals surface area contributed by atoms with Crippen LogP contribution in [0, 0.1) is 0 Å². The minimum absolute atomic E-state index is 0. The third-order valence-corrected chi connectivity index (χ3v) is 17.1. The summed E-state index contributed by atoms with van der Waals surface area (Å²) < 4.78 is 24.4. The molecule has 0 aliphatic carbocycles. The van der Waals surface area contributed by atoms with E-state index in [1.807, 2.05) is 0 Å². The fourth-order valence-electron chi connectivity index (χ4n) is 4.50. The maximum Gasteiger partial charge on any atom is 1.00 e. The van der Waals surface area contributed by atoms with Gasteiger partial charge < -0.3 is 42.9 Å². The van der Waals surface area contributed by atoms with Crippen LogP contribution in [0.2, 0.25) is 51.4 Å². The molecule has 12 nitrogen and oxygen atoms in total. The molecule has 0 amide bonds. The molecule has 0 radical (unpaired) electrons. The van der Waals surface area contributed by atoms with Crippen molar-refractivity contribution >= 4 is 37.1 Å². The second-order valence-electron chi connectivity index (χ2n) is 11.9. The number of likely N-dealkylation sites (N-methyl/N-ethyl adjacent to an activating group) is 2. The van der Waals surface area contributed by atoms with Crippen molar-refractivity contribution in [2.24, 2.45) is 0 Å². The number of aliphatic hydroxyl groups excluding tert-OH is 2. The molecule has 0 aromatic heterocycles. The first-order chi connectivity index (χ1) is 17.8. The van der Waals surface area contributed by atoms with Gasteiger partial charge in [-0.05, 0) is 78.3 Å². The van der Waals surface area contributed by atoms with E-state index in [2.05, 4.69) is 39.3 Å². The van der Waals surface area contributed by atoms with Crippen LogP contribution >= 0.6 is 0 Å². The Labute approximate surface area is 335 Å². The molecule has 0 aliphatic rings. The molecule has 0 heterocycles. The topological polar surface area (TPSA) is 161 Å². The first kappa shape index (κ1) is 47.9. The summed E-state index contributed by atoms with van der Waals surface area (Å²) in [5.41, 5.74) is 0. The van der Waals surface area contributed by atoms with Crippen molar-refractivity contribution in [3.8, 4) is 0 Å². The number of carbonyl (C=O) groups excluding carboxylic acids is 1. The van der Waals surface area contributed by atoms with Crippen LogP contribution in [0.4, 0.5) is 0 Å². The third-order valence-electron chi connectivity index (χ3n) is 5.65. The van der Waals surface area contributed by atoms with Gasteiger partial charge in [0, 0.05) is 32.8 Å². The van der Waals surface area contributed by atoms with Crippen molar-refractivity contribution in [2.45, 2.75) is 76.4 Å². The normalized spacial score (nSPS) is 14.0. The molecule has 2 atom stereocenters. The molecule has 41 heavy (non-hydrogen) atoms. The van der Waals surface area contributed by atoms with Crippen LogP contribution in [-0.4, -0.2) is 141 Å². The fourth-order valence-corrected chi connectivity index (χ4v) is 18.5. The molecule has 0 saturated carbocycles. The van der Waals surface area contributed by atoms with Crippen LogP contribution in [0.25, 0.3) is 0 Å². The number of carboxylic acids is 2. The Hall–Kier alpha value is 2.54. The van der Waals surface area contributed by atoms with E-state index < -0.39 is 49.3 Å². The average molecular weight is 692 g/mol. The summed E-state index contributed by atoms with van der Waals surface area (Å²) in [6.07, 6.45) is 0.126. The Morgan fingerprint density at radius 2 is 1.12 bits per heavy atom. The summed E-state index contributed by atoms with van der Waals surface area (Å²) in [6, 6.07) is 1.80. The second kappa shape index (κ2) is 24.7. The Kier molecular flexibility index (Phi) is 28.9. The molecule has 0 spiro atoms. The molecule has 3 N–H and O–H groups in total. The Morgan fingerprint density at radius 1 is 0.756 bits per heavy atom. The summed E-state index contributed by atoms with van der Waals surface area (Å²) in [4.78, 5) is 24.3. The monoisotopic (exact) mass is 691 g/mol. The predicted molar refractivity (Wildman–Crippen MR) is 155 cm³/mol. The number of rotatable bonds is 24. The van der Waals surface area contributed by atoms with Crippen LogP contribution in [0.5, 0.6) is 0 Å². The zero-order valence-corrected chi connectivity index (χ0v) is 36.5. The van der Waals surface area contributed by atoms with Gasteiger partial charge in [0.05, 0.1) is 37.9 Å². The maximum absolute atomic E-state index is 10.7. The molecular formula is C24H53K2N2O10Si3+. The van der Waals surface area contributed by atoms with Crippen LogP contribution in [0.15, 0.2) is 0 Å². The third kappa shape index (κ3) is 29.7. The Morgan fingerprint density at radius 3 is 1.46 bits per heavy atom. The van der Waals surface area contributed by atoms with Gasteiger partial charge in [0.15, 0.2) is 16.6 Å². The van der Waals surface area contributed by atoms with E-state index in [9.17, 15) is 24.9 Å². The minimum Gasteiger partial charge on any atom is -0.549 e. The number of carboxylic acid groups (broad SMARTS) is 2. The Bertz CT molecular complexity index is 671. The molecular weight excluding hydrogens is 639 g/mol. The van der Waals surface area contributed by atoms with Crippen LogP contribution in [0.1, 0.15) is 12.8 Å². The van der Waals surface area contributed by atoms with Crippen molar-refractivity contribution in [1.82, 2.24) is 9.80 Å². The van der Waals surface area contributed by atoms with Crippen molar-refractivity contribution in [3.05, 3.63) is 0 Å². The van der Waals surface area contributed by atoms with Crippen molar-refractivity contribution in [3.63, 3.8) is 0 Å². The standard InChI is InChI=1S/C24H54N2O10Si3.2K/c1-25(17-23(29)30)15-21(27)19-33-11-9-13-37(3,4)35-39(7,8)36-38(5,6)14-10-12-34-20-22(28)16-26(2)18-24(31)32;;/h21-22,27-28H,9-20H2,1-8H3,(H,29,30)(H,31,32);;/q;2*+1/p-1. The molecule has 0 bridgehead atoms. The van der Waals surface area contributed by atoms with Crippen LogP contribution < -0.4 is 108 Å². The largest absolute Gasteiger partial charge is 1.00 e. The van der Waals surface area contributed by atoms with Gasteiger partial charge >= 0.3 is 117 Å². The SMILES string of the molecule is CN(CC(=O)[O-])CC(O)COCCC[Si](C)(C)O[Si](C)(C)O[Si](C)(C)CCCOCC(O)CN(C)CC(=O)O.[K+].[K+]. The van der Waals surface area contributed by atoms with Gasteiger partial charge in [0.1, 0.15) is 0 Å². The van der Waals surface area contributed by atoms with Crippen LogP contribution in [-0.2, 0) is 27.3 Å². The molecule has 2 unspecified atom stereocenters. The van der Waals surface area contributed by atoms with E-state index in [0.29, 0.717) is 13.2 Å². The van der Waals surface area contributed by atoms with Gasteiger partial charge in [0.25, 0.3) is 0 Å². The van der Waals surface area contributed by atoms with Gasteiger partial charge in [-0.15, -0.1) is 0 Å². The molecule has 0 saturated heterocycles. The zero-order chi connectivity index (χ0) is 30.3. The summed E-state index contributed by atoms with van der Waals surface area (Å²) in [5, 5.41) is 39.4. The van der Waals surface area contributed by atoms with Gasteiger partial charge in [-0.25, -0.2) is 0 Å². The number of aliphatic carboxylic acids is 2. The predicted octanol–water partition coefficient (Wildman–Crippen LogP) is -5.63. The van der Waals surface area contributed by atoms with Gasteiger partial charge in [-0.1, -0.05) is 0 Å². The van der Waals surface area contributed by atoms with E-state index in [4.69, 9.17) is 22.8 Å². The molecule has 232 valence electrons. The van der Waals surface area contributed by atoms with Crippen molar-refractivity contribution < 1.29 is 150 Å². The zero-order valence-electron chi connectivity index (χ0n) is 27.2. The van der Waals surface area contributed by atoms with E-state index in [-0.39, 0.29) is 142 Å². The molecule has 0 aromatic carbocycles. The quantitative estimate of drug-likeness (QED) is 0.0652. The Balaban J connectivity index is -0.00000722. The molecule has 0 rings (SSSR count). The maximum atomic E-state index is 10.7. The van der Waals surface area contributed by atoms with E-state index >= 15 is 0 Å². The number of nitrogens with zero attached hydrogens (tertiary/aromatic N) is 2. The van der Waals surface area contributed by atoms with Gasteiger partial charge in [-0.3, -0.25) is 14.6 Å². The second-order valence-corrected chi connectivity index (χ2v) is 24.4. The smallest absolute Gasteiger partial charge is 0.549 e. The van der Waals surface area contributed by atoms with Gasteiger partial charge in [-0.2, -0.15) is 0 Å². The fraction of sp³-hybridized carbons (Fsp3) is 0.917. The average Bonchev–Trinajstić information content (AvgIpc) is 2.69. The summed E-state index contributed by atoms with van der Waals surface area (Å²) in [5.74, 6) is -2.11. The van der Waals surface area contributed by atoms with Crippen molar-refractivity contribution in [1.29, 1.82) is 0 Å². The summed E-state index contributed by atoms with van der Waals surface area (Å²) in [6.45, 7) is 14.3. The van der Waals surface area contributed by atoms with E-state index in [1.54, 1.807) is 19.0 Å². The van der Waals surface area contributed by atoms with Crippen molar-refractivity contribution in [2.75, 3.05) is 66.7 Å². The first-order valence-electron chi connectivity index (χ1n) is 13.5. The molecule has 0 aliphatic heterocycles. The molecule has 17 heteroatoms. The summed E-state index contributed by atoms with van der Waals surface area (Å²) >= 11 is 0. The van der Waals surface area contributed by atoms with E-state index in [0.717, 1.165) is 24.9 Å². The number of ether oxygens (including phenoxy) is 2. The number of hydrogen-bond donors (Lipinski definition) is 3. The van der Waals surface area contributed by atoms with E-state index in [1.165, 1.54) is 4.90 Å². The first-order valence-corrected chi connectivity index (χ1v) is 22.6. The summed E-state index contributed by atoms with van der Waals surface area (Å²) in [7, 11) is -3.10. The number of hydrogen-bond acceptors (Lipinski definition) is 11. The van der Waals surface area contributed by atoms with Crippen LogP contribution in [0.3, 0.4) is 0 Å². The molecule has 0 aromatic rings. The number of carbonyl (C=O) groups is 2. The number of aliphatic hydroxyl groups is 2. The van der Waals surface area contributed by atoms with Gasteiger partial charge in [0.2, 0.25) is 0 Å².